The van der Waals surface area contributed by atoms with E-state index in [1.807, 2.05) is 24.3 Å². The Hall–Kier alpha value is -1.09. The lowest BCUT2D eigenvalue weighted by Crippen LogP contribution is -1.93. The van der Waals surface area contributed by atoms with Crippen molar-refractivity contribution in [2.75, 3.05) is 0 Å². The molecule has 0 radical (unpaired) electrons. The minimum Gasteiger partial charge on any atom is -0.461 e. The molecule has 0 fully saturated rings. The van der Waals surface area contributed by atoms with Crippen LogP contribution >= 0.6 is 15.9 Å². The van der Waals surface area contributed by atoms with Gasteiger partial charge in [0.25, 0.3) is 0 Å². The normalized spacial score (nSPS) is 10.7. The number of carbonyl (C=O) groups is 1. The molecular formula is C11H9BrO2. The van der Waals surface area contributed by atoms with Crippen LogP contribution in [0.4, 0.5) is 0 Å². The summed E-state index contributed by atoms with van der Waals surface area (Å²) in [5.41, 5.74) is 0.815. The zero-order valence-electron chi connectivity index (χ0n) is 7.71. The van der Waals surface area contributed by atoms with Crippen LogP contribution in [0.3, 0.4) is 0 Å². The first-order valence-corrected chi connectivity index (χ1v) is 5.12. The topological polar surface area (TPSA) is 30.2 Å². The number of Topliss-reactive ketones (excluding diaryl/α,β-unsaturated/α-hetero) is 1. The molecule has 1 aromatic carbocycles. The second-order valence-corrected chi connectivity index (χ2v) is 4.19. The number of ketones is 1. The quantitative estimate of drug-likeness (QED) is 0.821. The predicted octanol–water partition coefficient (Wildman–Crippen LogP) is 3.33. The standard InChI is InChI=1S/C11H9BrO2/c1-7(13)4-10-5-8-2-3-9(12)6-11(8)14-10/h2-3,5-6H,4H2,1H3. The average molecular weight is 253 g/mol. The fraction of sp³-hybridized carbons (Fsp3) is 0.182. The van der Waals surface area contributed by atoms with Crippen molar-refractivity contribution in [1.82, 2.24) is 0 Å². The van der Waals surface area contributed by atoms with Crippen molar-refractivity contribution in [3.63, 3.8) is 0 Å². The smallest absolute Gasteiger partial charge is 0.137 e. The highest BCUT2D eigenvalue weighted by atomic mass is 79.9. The first-order valence-electron chi connectivity index (χ1n) is 4.32. The van der Waals surface area contributed by atoms with Gasteiger partial charge in [0, 0.05) is 9.86 Å². The molecule has 14 heavy (non-hydrogen) atoms. The maximum absolute atomic E-state index is 10.9. The maximum atomic E-state index is 10.9. The van der Waals surface area contributed by atoms with E-state index in [1.54, 1.807) is 6.92 Å². The summed E-state index contributed by atoms with van der Waals surface area (Å²) in [4.78, 5) is 10.9. The molecule has 0 bridgehead atoms. The molecule has 0 amide bonds. The zero-order chi connectivity index (χ0) is 10.1. The van der Waals surface area contributed by atoms with E-state index in [4.69, 9.17) is 4.42 Å². The highest BCUT2D eigenvalue weighted by Crippen LogP contribution is 2.23. The number of carbonyl (C=O) groups excluding carboxylic acids is 1. The van der Waals surface area contributed by atoms with Gasteiger partial charge in [0.1, 0.15) is 17.1 Å². The molecule has 2 nitrogen and oxygen atoms in total. The van der Waals surface area contributed by atoms with Gasteiger partial charge < -0.3 is 4.42 Å². The van der Waals surface area contributed by atoms with Crippen LogP contribution in [0.15, 0.2) is 33.2 Å². The maximum Gasteiger partial charge on any atom is 0.137 e. The number of fused-ring (bicyclic) bond motifs is 1. The number of hydrogen-bond donors (Lipinski definition) is 0. The summed E-state index contributed by atoms with van der Waals surface area (Å²) in [6.45, 7) is 1.56. The summed E-state index contributed by atoms with van der Waals surface area (Å²) in [5, 5.41) is 1.03. The number of furan rings is 1. The van der Waals surface area contributed by atoms with Gasteiger partial charge >= 0.3 is 0 Å². The van der Waals surface area contributed by atoms with Gasteiger partial charge in [-0.05, 0) is 31.2 Å². The molecule has 0 unspecified atom stereocenters. The monoisotopic (exact) mass is 252 g/mol. The van der Waals surface area contributed by atoms with E-state index in [0.29, 0.717) is 6.42 Å². The van der Waals surface area contributed by atoms with Gasteiger partial charge in [-0.2, -0.15) is 0 Å². The lowest BCUT2D eigenvalue weighted by atomic mass is 10.2. The van der Waals surface area contributed by atoms with Gasteiger partial charge in [-0.15, -0.1) is 0 Å². The van der Waals surface area contributed by atoms with Crippen molar-refractivity contribution in [2.45, 2.75) is 13.3 Å². The first-order chi connectivity index (χ1) is 6.65. The van der Waals surface area contributed by atoms with E-state index < -0.39 is 0 Å². The van der Waals surface area contributed by atoms with Crippen molar-refractivity contribution < 1.29 is 9.21 Å². The fourth-order valence-corrected chi connectivity index (χ4v) is 1.73. The lowest BCUT2D eigenvalue weighted by molar-refractivity contribution is -0.116. The molecule has 0 saturated heterocycles. The van der Waals surface area contributed by atoms with Crippen LogP contribution in [0, 0.1) is 0 Å². The van der Waals surface area contributed by atoms with E-state index in [9.17, 15) is 4.79 Å². The summed E-state index contributed by atoms with van der Waals surface area (Å²) in [6, 6.07) is 7.73. The minimum atomic E-state index is 0.114. The Morgan fingerprint density at radius 2 is 2.21 bits per heavy atom. The molecule has 0 N–H and O–H groups in total. The molecule has 72 valence electrons. The molecule has 0 aliphatic rings. The molecule has 2 rings (SSSR count). The molecule has 0 atom stereocenters. The molecule has 2 aromatic rings. The second kappa shape index (κ2) is 3.58. The number of halogens is 1. The van der Waals surface area contributed by atoms with Crippen LogP contribution in [0.5, 0.6) is 0 Å². The third kappa shape index (κ3) is 1.87. The number of hydrogen-bond acceptors (Lipinski definition) is 2. The van der Waals surface area contributed by atoms with Crippen LogP contribution in [0.25, 0.3) is 11.0 Å². The highest BCUT2D eigenvalue weighted by molar-refractivity contribution is 9.10. The third-order valence-electron chi connectivity index (χ3n) is 1.96. The van der Waals surface area contributed by atoms with Gasteiger partial charge in [0.2, 0.25) is 0 Å². The third-order valence-corrected chi connectivity index (χ3v) is 2.45. The molecule has 0 aliphatic heterocycles. The lowest BCUT2D eigenvalue weighted by Gasteiger charge is -1.89. The summed E-state index contributed by atoms with van der Waals surface area (Å²) in [7, 11) is 0. The van der Waals surface area contributed by atoms with Crippen LogP contribution in [-0.2, 0) is 11.2 Å². The van der Waals surface area contributed by atoms with Crippen LogP contribution in [0.1, 0.15) is 12.7 Å². The van der Waals surface area contributed by atoms with Gasteiger partial charge in [0.05, 0.1) is 6.42 Å². The summed E-state index contributed by atoms with van der Waals surface area (Å²) < 4.78 is 6.49. The van der Waals surface area contributed by atoms with Crippen LogP contribution < -0.4 is 0 Å². The Morgan fingerprint density at radius 1 is 1.43 bits per heavy atom. The number of rotatable bonds is 2. The van der Waals surface area contributed by atoms with E-state index in [0.717, 1.165) is 21.2 Å². The van der Waals surface area contributed by atoms with E-state index in [2.05, 4.69) is 15.9 Å². The molecule has 3 heteroatoms. The summed E-state index contributed by atoms with van der Waals surface area (Å²) in [6.07, 6.45) is 0.367. The van der Waals surface area contributed by atoms with Gasteiger partial charge in [0.15, 0.2) is 0 Å². The Bertz CT molecular complexity index is 485. The molecule has 0 aliphatic carbocycles. The largest absolute Gasteiger partial charge is 0.461 e. The Labute approximate surface area is 90.0 Å². The average Bonchev–Trinajstić information content (AvgIpc) is 2.44. The SMILES string of the molecule is CC(=O)Cc1cc2ccc(Br)cc2o1. The zero-order valence-corrected chi connectivity index (χ0v) is 9.30. The molecule has 0 spiro atoms. The number of benzene rings is 1. The van der Waals surface area contributed by atoms with Crippen LogP contribution in [-0.4, -0.2) is 5.78 Å². The molecular weight excluding hydrogens is 244 g/mol. The van der Waals surface area contributed by atoms with Gasteiger partial charge in [-0.1, -0.05) is 15.9 Å². The summed E-state index contributed by atoms with van der Waals surface area (Å²) >= 11 is 3.37. The Balaban J connectivity index is 2.46. The van der Waals surface area contributed by atoms with Crippen molar-refractivity contribution in [3.8, 4) is 0 Å². The Kier molecular flexibility index (Phi) is 2.42. The van der Waals surface area contributed by atoms with E-state index in [-0.39, 0.29) is 5.78 Å². The van der Waals surface area contributed by atoms with Crippen molar-refractivity contribution in [3.05, 3.63) is 34.5 Å². The molecule has 1 heterocycles. The Morgan fingerprint density at radius 3 is 2.93 bits per heavy atom. The van der Waals surface area contributed by atoms with E-state index >= 15 is 0 Å². The highest BCUT2D eigenvalue weighted by Gasteiger charge is 2.05. The summed E-state index contributed by atoms with van der Waals surface area (Å²) in [5.74, 6) is 0.841. The van der Waals surface area contributed by atoms with Crippen LogP contribution in [0.2, 0.25) is 0 Å². The van der Waals surface area contributed by atoms with Crippen molar-refractivity contribution in [1.29, 1.82) is 0 Å². The first kappa shape index (κ1) is 9.46. The van der Waals surface area contributed by atoms with Gasteiger partial charge in [-0.25, -0.2) is 0 Å². The predicted molar refractivity (Wildman–Crippen MR) is 58.3 cm³/mol. The van der Waals surface area contributed by atoms with Gasteiger partial charge in [-0.3, -0.25) is 4.79 Å². The molecule has 0 saturated carbocycles. The van der Waals surface area contributed by atoms with E-state index in [1.165, 1.54) is 0 Å². The molecule has 1 aromatic heterocycles. The van der Waals surface area contributed by atoms with Crippen molar-refractivity contribution in [2.24, 2.45) is 0 Å². The minimum absolute atomic E-state index is 0.114. The van der Waals surface area contributed by atoms with Crippen molar-refractivity contribution >= 4 is 32.7 Å². The fourth-order valence-electron chi connectivity index (χ4n) is 1.39. The second-order valence-electron chi connectivity index (χ2n) is 3.27.